The molecule has 2 rings (SSSR count). The second kappa shape index (κ2) is 6.25. The highest BCUT2D eigenvalue weighted by molar-refractivity contribution is 5.30. The maximum Gasteiger partial charge on any atom is 0.119 e. The number of phenolic OH excluding ortho intramolecular Hbond substituents is 1. The van der Waals surface area contributed by atoms with Gasteiger partial charge in [-0.3, -0.25) is 0 Å². The monoisotopic (exact) mass is 257 g/mol. The summed E-state index contributed by atoms with van der Waals surface area (Å²) in [7, 11) is 1.67. The van der Waals surface area contributed by atoms with Crippen LogP contribution in [0.25, 0.3) is 0 Å². The summed E-state index contributed by atoms with van der Waals surface area (Å²) in [4.78, 5) is 0. The van der Waals surface area contributed by atoms with Crippen LogP contribution in [0.15, 0.2) is 48.5 Å². The predicted molar refractivity (Wildman–Crippen MR) is 76.4 cm³/mol. The van der Waals surface area contributed by atoms with Crippen LogP contribution in [0.1, 0.15) is 24.1 Å². The van der Waals surface area contributed by atoms with Crippen LogP contribution in [0, 0.1) is 0 Å². The van der Waals surface area contributed by atoms with Gasteiger partial charge in [0.15, 0.2) is 0 Å². The Bertz CT molecular complexity index is 523. The number of nitrogens with one attached hydrogen (secondary N) is 1. The van der Waals surface area contributed by atoms with Crippen LogP contribution < -0.4 is 10.1 Å². The zero-order valence-corrected chi connectivity index (χ0v) is 11.3. The fourth-order valence-corrected chi connectivity index (χ4v) is 1.91. The van der Waals surface area contributed by atoms with Crippen molar-refractivity contribution < 1.29 is 9.84 Å². The van der Waals surface area contributed by atoms with Crippen LogP contribution in [-0.2, 0) is 6.54 Å². The molecule has 0 saturated heterocycles. The second-order valence-electron chi connectivity index (χ2n) is 4.55. The van der Waals surface area contributed by atoms with Gasteiger partial charge in [-0.15, -0.1) is 0 Å². The summed E-state index contributed by atoms with van der Waals surface area (Å²) in [6.07, 6.45) is 0. The van der Waals surface area contributed by atoms with Gasteiger partial charge in [-0.25, -0.2) is 0 Å². The lowest BCUT2D eigenvalue weighted by atomic mass is 10.1. The molecular weight excluding hydrogens is 238 g/mol. The zero-order valence-electron chi connectivity index (χ0n) is 11.3. The van der Waals surface area contributed by atoms with Crippen LogP contribution in [0.3, 0.4) is 0 Å². The molecule has 3 heteroatoms. The molecule has 0 radical (unpaired) electrons. The van der Waals surface area contributed by atoms with Gasteiger partial charge in [-0.05, 0) is 42.3 Å². The quantitative estimate of drug-likeness (QED) is 0.864. The molecule has 19 heavy (non-hydrogen) atoms. The Morgan fingerprint density at radius 2 is 1.89 bits per heavy atom. The number of ether oxygens (including phenoxy) is 1. The van der Waals surface area contributed by atoms with Gasteiger partial charge in [-0.1, -0.05) is 24.3 Å². The molecule has 2 N–H and O–H groups in total. The van der Waals surface area contributed by atoms with Crippen molar-refractivity contribution in [1.82, 2.24) is 5.32 Å². The van der Waals surface area contributed by atoms with Gasteiger partial charge in [0, 0.05) is 12.6 Å². The van der Waals surface area contributed by atoms with Gasteiger partial charge in [0.2, 0.25) is 0 Å². The van der Waals surface area contributed by atoms with Crippen molar-refractivity contribution in [3.8, 4) is 11.5 Å². The van der Waals surface area contributed by atoms with Gasteiger partial charge in [0.05, 0.1) is 7.11 Å². The van der Waals surface area contributed by atoms with Gasteiger partial charge in [0.25, 0.3) is 0 Å². The Morgan fingerprint density at radius 3 is 2.58 bits per heavy atom. The van der Waals surface area contributed by atoms with Gasteiger partial charge in [0.1, 0.15) is 11.5 Å². The van der Waals surface area contributed by atoms with E-state index in [0.717, 1.165) is 17.9 Å². The van der Waals surface area contributed by atoms with Crippen LogP contribution in [0.2, 0.25) is 0 Å². The highest BCUT2D eigenvalue weighted by Crippen LogP contribution is 2.19. The fraction of sp³-hybridized carbons (Fsp3) is 0.250. The molecule has 1 atom stereocenters. The summed E-state index contributed by atoms with van der Waals surface area (Å²) in [5.74, 6) is 1.17. The first-order chi connectivity index (χ1) is 9.19. The third-order valence-corrected chi connectivity index (χ3v) is 3.14. The van der Waals surface area contributed by atoms with Crippen molar-refractivity contribution in [3.63, 3.8) is 0 Å². The van der Waals surface area contributed by atoms with Gasteiger partial charge < -0.3 is 15.2 Å². The molecule has 0 amide bonds. The summed E-state index contributed by atoms with van der Waals surface area (Å²) in [5, 5.41) is 12.7. The molecule has 3 nitrogen and oxygen atoms in total. The number of rotatable bonds is 5. The number of hydrogen-bond acceptors (Lipinski definition) is 3. The van der Waals surface area contributed by atoms with Crippen molar-refractivity contribution >= 4 is 0 Å². The number of benzene rings is 2. The molecule has 0 aliphatic rings. The smallest absolute Gasteiger partial charge is 0.119 e. The van der Waals surface area contributed by atoms with Crippen molar-refractivity contribution in [2.75, 3.05) is 7.11 Å². The maximum absolute atomic E-state index is 9.24. The predicted octanol–water partition coefficient (Wildman–Crippen LogP) is 3.25. The zero-order chi connectivity index (χ0) is 13.7. The minimum atomic E-state index is 0.240. The number of hydrogen-bond donors (Lipinski definition) is 2. The molecule has 1 unspecified atom stereocenters. The Labute approximate surface area is 113 Å². The van der Waals surface area contributed by atoms with Crippen molar-refractivity contribution in [1.29, 1.82) is 0 Å². The molecule has 0 bridgehead atoms. The molecule has 0 aliphatic heterocycles. The lowest BCUT2D eigenvalue weighted by Gasteiger charge is -2.15. The summed E-state index contributed by atoms with van der Waals surface area (Å²) in [5.41, 5.74) is 2.34. The summed E-state index contributed by atoms with van der Waals surface area (Å²) < 4.78 is 5.23. The molecule has 2 aromatic carbocycles. The average Bonchev–Trinajstić information content (AvgIpc) is 2.46. The molecule has 2 aromatic rings. The normalized spacial score (nSPS) is 12.1. The minimum absolute atomic E-state index is 0.240. The van der Waals surface area contributed by atoms with Crippen LogP contribution in [0.4, 0.5) is 0 Å². The van der Waals surface area contributed by atoms with E-state index in [1.807, 2.05) is 30.3 Å². The Hall–Kier alpha value is -2.00. The van der Waals surface area contributed by atoms with Gasteiger partial charge in [-0.2, -0.15) is 0 Å². The lowest BCUT2D eigenvalue weighted by molar-refractivity contribution is 0.413. The second-order valence-corrected chi connectivity index (χ2v) is 4.55. The lowest BCUT2D eigenvalue weighted by Crippen LogP contribution is -2.18. The van der Waals surface area contributed by atoms with Crippen LogP contribution in [-0.4, -0.2) is 12.2 Å². The maximum atomic E-state index is 9.24. The van der Waals surface area contributed by atoms with Crippen LogP contribution in [0.5, 0.6) is 11.5 Å². The SMILES string of the molecule is COc1cccc(C(C)NCc2ccc(O)cc2)c1. The molecule has 100 valence electrons. The Kier molecular flexibility index (Phi) is 4.42. The number of phenols is 1. The molecule has 0 aromatic heterocycles. The largest absolute Gasteiger partial charge is 0.508 e. The first-order valence-electron chi connectivity index (χ1n) is 6.34. The first kappa shape index (κ1) is 13.4. The van der Waals surface area contributed by atoms with Crippen molar-refractivity contribution in [2.24, 2.45) is 0 Å². The van der Waals surface area contributed by atoms with E-state index in [1.165, 1.54) is 5.56 Å². The van der Waals surface area contributed by atoms with Crippen molar-refractivity contribution in [2.45, 2.75) is 19.5 Å². The van der Waals surface area contributed by atoms with E-state index >= 15 is 0 Å². The fourth-order valence-electron chi connectivity index (χ4n) is 1.91. The van der Waals surface area contributed by atoms with E-state index in [9.17, 15) is 5.11 Å². The molecule has 0 heterocycles. The van der Waals surface area contributed by atoms with E-state index < -0.39 is 0 Å². The molecule has 0 saturated carbocycles. The van der Waals surface area contributed by atoms with E-state index in [-0.39, 0.29) is 6.04 Å². The average molecular weight is 257 g/mol. The third-order valence-electron chi connectivity index (χ3n) is 3.14. The topological polar surface area (TPSA) is 41.5 Å². The Balaban J connectivity index is 1.96. The van der Waals surface area contributed by atoms with E-state index in [2.05, 4.69) is 18.3 Å². The molecule has 0 aliphatic carbocycles. The summed E-state index contributed by atoms with van der Waals surface area (Å²) in [6, 6.07) is 15.5. The number of methoxy groups -OCH3 is 1. The Morgan fingerprint density at radius 1 is 1.16 bits per heavy atom. The molecular formula is C16H19NO2. The molecule has 0 spiro atoms. The number of aromatic hydroxyl groups is 1. The van der Waals surface area contributed by atoms with E-state index in [4.69, 9.17) is 4.74 Å². The first-order valence-corrected chi connectivity index (χ1v) is 6.34. The van der Waals surface area contributed by atoms with E-state index in [0.29, 0.717) is 5.75 Å². The van der Waals surface area contributed by atoms with Crippen molar-refractivity contribution in [3.05, 3.63) is 59.7 Å². The standard InChI is InChI=1S/C16H19NO2/c1-12(14-4-3-5-16(10-14)19-2)17-11-13-6-8-15(18)9-7-13/h3-10,12,17-18H,11H2,1-2H3. The molecule has 0 fully saturated rings. The highest BCUT2D eigenvalue weighted by atomic mass is 16.5. The van der Waals surface area contributed by atoms with Crippen LogP contribution >= 0.6 is 0 Å². The van der Waals surface area contributed by atoms with Gasteiger partial charge >= 0.3 is 0 Å². The van der Waals surface area contributed by atoms with E-state index in [1.54, 1.807) is 19.2 Å². The summed E-state index contributed by atoms with van der Waals surface area (Å²) >= 11 is 0. The summed E-state index contributed by atoms with van der Waals surface area (Å²) in [6.45, 7) is 2.88. The highest BCUT2D eigenvalue weighted by Gasteiger charge is 2.05. The minimum Gasteiger partial charge on any atom is -0.508 e. The third kappa shape index (κ3) is 3.73.